The molecule has 0 amide bonds. The number of piperidine rings is 1. The molecule has 0 bridgehead atoms. The Balaban J connectivity index is 0.000000132. The van der Waals surface area contributed by atoms with Gasteiger partial charge in [0, 0.05) is 0 Å². The van der Waals surface area contributed by atoms with Gasteiger partial charge in [0.25, 0.3) is 0 Å². The van der Waals surface area contributed by atoms with E-state index in [0.29, 0.717) is 0 Å². The maximum atomic E-state index is 3.63. The third kappa shape index (κ3) is 5.30. The first-order valence-corrected chi connectivity index (χ1v) is 5.81. The first-order valence-electron chi connectivity index (χ1n) is 4.57. The SMILES string of the molecule is CC1CCNCC1.IC1C=NN=N1. The molecule has 0 aliphatic carbocycles. The topological polar surface area (TPSA) is 49.1 Å². The summed E-state index contributed by atoms with van der Waals surface area (Å²) < 4.78 is 0.183. The first kappa shape index (κ1) is 11.0. The van der Waals surface area contributed by atoms with Crippen molar-refractivity contribution in [3.8, 4) is 0 Å². The van der Waals surface area contributed by atoms with E-state index in [1.165, 1.54) is 25.9 Å². The zero-order valence-corrected chi connectivity index (χ0v) is 9.94. The molecular formula is C8H15IN4. The molecule has 2 aliphatic heterocycles. The molecule has 0 spiro atoms. The Morgan fingerprint density at radius 2 is 2.08 bits per heavy atom. The molecule has 0 aromatic carbocycles. The minimum atomic E-state index is 0.183. The number of rotatable bonds is 0. The zero-order chi connectivity index (χ0) is 9.52. The molecule has 13 heavy (non-hydrogen) atoms. The van der Waals surface area contributed by atoms with E-state index in [1.54, 1.807) is 6.21 Å². The van der Waals surface area contributed by atoms with E-state index in [4.69, 9.17) is 0 Å². The Labute approximate surface area is 92.4 Å². The number of hydrogen-bond donors (Lipinski definition) is 1. The molecule has 1 saturated heterocycles. The third-order valence-electron chi connectivity index (χ3n) is 2.03. The van der Waals surface area contributed by atoms with Crippen LogP contribution >= 0.6 is 22.6 Å². The summed E-state index contributed by atoms with van der Waals surface area (Å²) in [5.74, 6) is 0.973. The number of nitrogens with one attached hydrogen (secondary N) is 1. The van der Waals surface area contributed by atoms with E-state index < -0.39 is 0 Å². The summed E-state index contributed by atoms with van der Waals surface area (Å²) in [5, 5.41) is 13.8. The van der Waals surface area contributed by atoms with Gasteiger partial charge in [0.1, 0.15) is 0 Å². The second-order valence-corrected chi connectivity index (χ2v) is 4.55. The minimum absolute atomic E-state index is 0.183. The molecule has 2 aliphatic rings. The van der Waals surface area contributed by atoms with Crippen LogP contribution in [0, 0.1) is 5.92 Å². The molecular weight excluding hydrogens is 279 g/mol. The van der Waals surface area contributed by atoms with Crippen LogP contribution in [-0.2, 0) is 0 Å². The number of nitrogens with zero attached hydrogens (tertiary/aromatic N) is 3. The van der Waals surface area contributed by atoms with Crippen molar-refractivity contribution in [2.75, 3.05) is 13.1 Å². The smallest absolute Gasteiger partial charge is 0.161 e. The van der Waals surface area contributed by atoms with Crippen LogP contribution in [0.25, 0.3) is 0 Å². The molecule has 2 heterocycles. The third-order valence-corrected chi connectivity index (χ3v) is 2.60. The fraction of sp³-hybridized carbons (Fsp3) is 0.875. The van der Waals surface area contributed by atoms with E-state index in [9.17, 15) is 0 Å². The van der Waals surface area contributed by atoms with Crippen LogP contribution in [0.5, 0.6) is 0 Å². The van der Waals surface area contributed by atoms with Crippen molar-refractivity contribution in [2.45, 2.75) is 23.8 Å². The summed E-state index contributed by atoms with van der Waals surface area (Å²) in [6.07, 6.45) is 4.43. The van der Waals surface area contributed by atoms with Crippen LogP contribution in [0.1, 0.15) is 19.8 Å². The largest absolute Gasteiger partial charge is 0.317 e. The van der Waals surface area contributed by atoms with Gasteiger partial charge in [0.15, 0.2) is 4.05 Å². The lowest BCUT2D eigenvalue weighted by atomic mass is 10.0. The molecule has 0 radical (unpaired) electrons. The number of alkyl halides is 1. The van der Waals surface area contributed by atoms with E-state index in [0.717, 1.165) is 5.92 Å². The second kappa shape index (κ2) is 6.42. The fourth-order valence-corrected chi connectivity index (χ4v) is 1.42. The van der Waals surface area contributed by atoms with Gasteiger partial charge in [-0.3, -0.25) is 0 Å². The van der Waals surface area contributed by atoms with Gasteiger partial charge in [-0.05, 0) is 59.7 Å². The number of hydrogen-bond acceptors (Lipinski definition) is 4. The Kier molecular flexibility index (Phi) is 5.45. The highest BCUT2D eigenvalue weighted by Gasteiger charge is 2.05. The van der Waals surface area contributed by atoms with Crippen molar-refractivity contribution < 1.29 is 0 Å². The summed E-state index contributed by atoms with van der Waals surface area (Å²) in [7, 11) is 0. The molecule has 0 saturated carbocycles. The quantitative estimate of drug-likeness (QED) is 0.415. The Morgan fingerprint density at radius 1 is 1.38 bits per heavy atom. The lowest BCUT2D eigenvalue weighted by molar-refractivity contribution is 0.402. The molecule has 1 atom stereocenters. The molecule has 0 aromatic heterocycles. The van der Waals surface area contributed by atoms with Gasteiger partial charge in [0.2, 0.25) is 0 Å². The summed E-state index contributed by atoms with van der Waals surface area (Å²) in [4.78, 5) is 0. The van der Waals surface area contributed by atoms with Gasteiger partial charge in [-0.15, -0.1) is 10.2 Å². The van der Waals surface area contributed by atoms with Crippen molar-refractivity contribution in [1.82, 2.24) is 5.32 Å². The van der Waals surface area contributed by atoms with Gasteiger partial charge in [0.05, 0.1) is 6.21 Å². The summed E-state index contributed by atoms with van der Waals surface area (Å²) in [6, 6.07) is 0. The number of halogens is 1. The van der Waals surface area contributed by atoms with E-state index in [1.807, 2.05) is 0 Å². The molecule has 74 valence electrons. The maximum absolute atomic E-state index is 3.63. The van der Waals surface area contributed by atoms with E-state index >= 15 is 0 Å². The maximum Gasteiger partial charge on any atom is 0.161 e. The van der Waals surface area contributed by atoms with Gasteiger partial charge in [-0.25, -0.2) is 0 Å². The van der Waals surface area contributed by atoms with Crippen molar-refractivity contribution in [3.05, 3.63) is 0 Å². The van der Waals surface area contributed by atoms with Crippen LogP contribution in [0.2, 0.25) is 0 Å². The molecule has 2 rings (SSSR count). The highest BCUT2D eigenvalue weighted by molar-refractivity contribution is 14.1. The van der Waals surface area contributed by atoms with E-state index in [2.05, 4.69) is 50.3 Å². The summed E-state index contributed by atoms with van der Waals surface area (Å²) in [5.41, 5.74) is 0. The second-order valence-electron chi connectivity index (χ2n) is 3.27. The Bertz CT molecular complexity index is 175. The van der Waals surface area contributed by atoms with Crippen LogP contribution in [-0.4, -0.2) is 23.4 Å². The van der Waals surface area contributed by atoms with Crippen molar-refractivity contribution in [2.24, 2.45) is 21.4 Å². The van der Waals surface area contributed by atoms with Crippen LogP contribution in [0.15, 0.2) is 15.4 Å². The first-order chi connectivity index (χ1) is 6.29. The fourth-order valence-electron chi connectivity index (χ4n) is 1.16. The Morgan fingerprint density at radius 3 is 2.31 bits per heavy atom. The minimum Gasteiger partial charge on any atom is -0.317 e. The van der Waals surface area contributed by atoms with Crippen molar-refractivity contribution in [3.63, 3.8) is 0 Å². The van der Waals surface area contributed by atoms with Gasteiger partial charge in [-0.1, -0.05) is 6.92 Å². The average Bonchev–Trinajstić information content (AvgIpc) is 2.58. The van der Waals surface area contributed by atoms with Crippen LogP contribution < -0.4 is 5.32 Å². The highest BCUT2D eigenvalue weighted by atomic mass is 127. The molecule has 4 nitrogen and oxygen atoms in total. The van der Waals surface area contributed by atoms with Gasteiger partial charge in [-0.2, -0.15) is 0 Å². The monoisotopic (exact) mass is 294 g/mol. The van der Waals surface area contributed by atoms with E-state index in [-0.39, 0.29) is 4.05 Å². The summed E-state index contributed by atoms with van der Waals surface area (Å²) in [6.45, 7) is 4.79. The predicted octanol–water partition coefficient (Wildman–Crippen LogP) is 2.21. The molecule has 1 fully saturated rings. The zero-order valence-electron chi connectivity index (χ0n) is 7.78. The molecule has 1 N–H and O–H groups in total. The van der Waals surface area contributed by atoms with Crippen LogP contribution in [0.3, 0.4) is 0 Å². The average molecular weight is 294 g/mol. The summed E-state index contributed by atoms with van der Waals surface area (Å²) >= 11 is 2.12. The predicted molar refractivity (Wildman–Crippen MR) is 62.4 cm³/mol. The van der Waals surface area contributed by atoms with Crippen molar-refractivity contribution >= 4 is 28.8 Å². The standard InChI is InChI=1S/C6H13N.C2H2IN3/c1-6-2-4-7-5-3-6;3-2-1-4-6-5-2/h6-7H,2-5H2,1H3;1-2H. The molecule has 1 unspecified atom stereocenters. The van der Waals surface area contributed by atoms with Gasteiger partial charge < -0.3 is 5.32 Å². The lowest BCUT2D eigenvalue weighted by Gasteiger charge is -2.17. The van der Waals surface area contributed by atoms with Crippen molar-refractivity contribution in [1.29, 1.82) is 0 Å². The molecule has 0 aromatic rings. The normalized spacial score (nSPS) is 27.1. The van der Waals surface area contributed by atoms with Crippen LogP contribution in [0.4, 0.5) is 0 Å². The highest BCUT2D eigenvalue weighted by Crippen LogP contribution is 2.08. The molecule has 5 heteroatoms. The van der Waals surface area contributed by atoms with Gasteiger partial charge >= 0.3 is 0 Å². The lowest BCUT2D eigenvalue weighted by Crippen LogP contribution is -2.26. The Hall–Kier alpha value is -0.0400.